The number of methoxy groups -OCH3 is 2. The van der Waals surface area contributed by atoms with Crippen molar-refractivity contribution in [1.29, 1.82) is 0 Å². The van der Waals surface area contributed by atoms with E-state index in [2.05, 4.69) is 0 Å². The molecule has 0 aromatic heterocycles. The van der Waals surface area contributed by atoms with Crippen molar-refractivity contribution in [3.8, 4) is 17.2 Å². The summed E-state index contributed by atoms with van der Waals surface area (Å²) in [5, 5.41) is -0.377. The predicted octanol–water partition coefficient (Wildman–Crippen LogP) is 3.87. The van der Waals surface area contributed by atoms with Crippen LogP contribution in [0.5, 0.6) is 17.2 Å². The van der Waals surface area contributed by atoms with Crippen molar-refractivity contribution < 1.29 is 28.6 Å². The molecule has 8 heteroatoms. The third-order valence-electron chi connectivity index (χ3n) is 3.83. The molecule has 0 bridgehead atoms. The summed E-state index contributed by atoms with van der Waals surface area (Å²) in [7, 11) is 2.85. The van der Waals surface area contributed by atoms with Crippen molar-refractivity contribution in [2.75, 3.05) is 19.1 Å². The quantitative estimate of drug-likeness (QED) is 0.429. The monoisotopic (exact) mass is 399 g/mol. The van der Waals surface area contributed by atoms with Gasteiger partial charge in [0.15, 0.2) is 11.5 Å². The number of ether oxygens (including phenoxy) is 3. The minimum Gasteiger partial charge on any atom is -0.493 e. The van der Waals surface area contributed by atoms with Crippen LogP contribution in [0.25, 0.3) is 6.08 Å². The molecule has 1 aliphatic heterocycles. The first kappa shape index (κ1) is 19.5. The van der Waals surface area contributed by atoms with Gasteiger partial charge in [0, 0.05) is 6.92 Å². The van der Waals surface area contributed by atoms with Crippen LogP contribution in [0.3, 0.4) is 0 Å². The minimum absolute atomic E-state index is 0.145. The highest BCUT2D eigenvalue weighted by Gasteiger charge is 2.36. The lowest BCUT2D eigenvalue weighted by atomic mass is 10.1. The predicted molar refractivity (Wildman–Crippen MR) is 106 cm³/mol. The van der Waals surface area contributed by atoms with E-state index < -0.39 is 11.9 Å². The third kappa shape index (κ3) is 3.86. The number of imide groups is 1. The van der Waals surface area contributed by atoms with E-state index in [0.29, 0.717) is 11.3 Å². The van der Waals surface area contributed by atoms with Crippen LogP contribution in [-0.2, 0) is 9.59 Å². The highest BCUT2D eigenvalue weighted by Crippen LogP contribution is 2.41. The minimum atomic E-state index is -0.520. The van der Waals surface area contributed by atoms with E-state index in [-0.39, 0.29) is 27.4 Å². The van der Waals surface area contributed by atoms with Gasteiger partial charge < -0.3 is 14.2 Å². The Labute approximate surface area is 165 Å². The van der Waals surface area contributed by atoms with E-state index in [4.69, 9.17) is 14.2 Å². The van der Waals surface area contributed by atoms with E-state index in [0.717, 1.165) is 16.7 Å². The molecule has 2 amide bonds. The number of rotatable bonds is 5. The van der Waals surface area contributed by atoms with Crippen molar-refractivity contribution in [2.45, 2.75) is 6.92 Å². The summed E-state index contributed by atoms with van der Waals surface area (Å²) < 4.78 is 15.7. The first-order valence-electron chi connectivity index (χ1n) is 8.22. The topological polar surface area (TPSA) is 82.1 Å². The van der Waals surface area contributed by atoms with Gasteiger partial charge in [0.05, 0.1) is 24.8 Å². The largest absolute Gasteiger partial charge is 0.493 e. The van der Waals surface area contributed by atoms with Gasteiger partial charge in [0.25, 0.3) is 11.1 Å². The highest BCUT2D eigenvalue weighted by atomic mass is 32.2. The Kier molecular flexibility index (Phi) is 5.70. The number of hydrogen-bond donors (Lipinski definition) is 0. The van der Waals surface area contributed by atoms with Crippen molar-refractivity contribution in [3.63, 3.8) is 0 Å². The lowest BCUT2D eigenvalue weighted by Gasteiger charge is -2.13. The van der Waals surface area contributed by atoms with E-state index in [1.807, 2.05) is 6.07 Å². The number of carbonyl (C=O) groups is 3. The first-order valence-corrected chi connectivity index (χ1v) is 9.03. The molecule has 2 aromatic carbocycles. The van der Waals surface area contributed by atoms with Crippen LogP contribution >= 0.6 is 11.8 Å². The lowest BCUT2D eigenvalue weighted by molar-refractivity contribution is -0.132. The SMILES string of the molecule is COc1cc(/C=C2\SC(=O)N(c3ccccc3)C2=O)cc(OC)c1OC(C)=O. The summed E-state index contributed by atoms with van der Waals surface area (Å²) in [4.78, 5) is 37.8. The number of anilines is 1. The van der Waals surface area contributed by atoms with Crippen LogP contribution in [0.15, 0.2) is 47.4 Å². The summed E-state index contributed by atoms with van der Waals surface area (Å²) in [5.74, 6) is -0.255. The summed E-state index contributed by atoms with van der Waals surface area (Å²) >= 11 is 0.845. The fraction of sp³-hybridized carbons (Fsp3) is 0.150. The van der Waals surface area contributed by atoms with Gasteiger partial charge in [-0.2, -0.15) is 0 Å². The van der Waals surface area contributed by atoms with E-state index in [9.17, 15) is 14.4 Å². The maximum absolute atomic E-state index is 12.7. The number of nitrogens with zero attached hydrogens (tertiary/aromatic N) is 1. The summed E-state index contributed by atoms with van der Waals surface area (Å²) in [6, 6.07) is 11.9. The van der Waals surface area contributed by atoms with E-state index in [1.54, 1.807) is 42.5 Å². The van der Waals surface area contributed by atoms with Gasteiger partial charge in [-0.15, -0.1) is 0 Å². The molecular formula is C20H17NO6S. The molecule has 1 aliphatic rings. The Hall–Kier alpha value is -3.26. The lowest BCUT2D eigenvalue weighted by Crippen LogP contribution is -2.27. The second-order valence-corrected chi connectivity index (χ2v) is 6.69. The summed E-state index contributed by atoms with van der Waals surface area (Å²) in [5.41, 5.74) is 1.07. The van der Waals surface area contributed by atoms with E-state index >= 15 is 0 Å². The number of para-hydroxylation sites is 1. The molecule has 0 unspecified atom stereocenters. The maximum Gasteiger partial charge on any atom is 0.308 e. The summed E-state index contributed by atoms with van der Waals surface area (Å²) in [6.07, 6.45) is 1.57. The van der Waals surface area contributed by atoms with Crippen LogP contribution < -0.4 is 19.1 Å². The zero-order chi connectivity index (χ0) is 20.3. The number of hydrogen-bond acceptors (Lipinski definition) is 7. The average molecular weight is 399 g/mol. The van der Waals surface area contributed by atoms with Crippen LogP contribution in [0.4, 0.5) is 10.5 Å². The molecule has 1 fully saturated rings. The average Bonchev–Trinajstić information content (AvgIpc) is 2.96. The Morgan fingerprint density at radius 3 is 2.18 bits per heavy atom. The number of thioether (sulfide) groups is 1. The molecular weight excluding hydrogens is 382 g/mol. The molecule has 1 saturated heterocycles. The van der Waals surface area contributed by atoms with Gasteiger partial charge >= 0.3 is 5.97 Å². The fourth-order valence-electron chi connectivity index (χ4n) is 2.65. The first-order chi connectivity index (χ1) is 13.4. The van der Waals surface area contributed by atoms with Crippen molar-refractivity contribution in [3.05, 3.63) is 52.9 Å². The zero-order valence-electron chi connectivity index (χ0n) is 15.4. The molecule has 0 N–H and O–H groups in total. The molecule has 1 heterocycles. The Balaban J connectivity index is 1.98. The smallest absolute Gasteiger partial charge is 0.308 e. The zero-order valence-corrected chi connectivity index (χ0v) is 16.2. The third-order valence-corrected chi connectivity index (χ3v) is 4.70. The van der Waals surface area contributed by atoms with Gasteiger partial charge in [0.1, 0.15) is 0 Å². The molecule has 2 aromatic rings. The number of carbonyl (C=O) groups excluding carboxylic acids is 3. The van der Waals surface area contributed by atoms with Gasteiger partial charge in [-0.3, -0.25) is 14.4 Å². The number of esters is 1. The molecule has 0 radical (unpaired) electrons. The van der Waals surface area contributed by atoms with Crippen molar-refractivity contribution in [1.82, 2.24) is 0 Å². The van der Waals surface area contributed by atoms with Gasteiger partial charge in [-0.05, 0) is 47.7 Å². The Morgan fingerprint density at radius 1 is 1.04 bits per heavy atom. The van der Waals surface area contributed by atoms with Crippen LogP contribution in [0.1, 0.15) is 12.5 Å². The number of amides is 2. The fourth-order valence-corrected chi connectivity index (χ4v) is 3.49. The van der Waals surface area contributed by atoms with Gasteiger partial charge in [0.2, 0.25) is 5.75 Å². The normalized spacial score (nSPS) is 15.1. The van der Waals surface area contributed by atoms with Crippen molar-refractivity contribution in [2.24, 2.45) is 0 Å². The van der Waals surface area contributed by atoms with Gasteiger partial charge in [-0.1, -0.05) is 18.2 Å². The highest BCUT2D eigenvalue weighted by molar-refractivity contribution is 8.19. The number of benzene rings is 2. The Bertz CT molecular complexity index is 945. The molecule has 0 aliphatic carbocycles. The second kappa shape index (κ2) is 8.18. The maximum atomic E-state index is 12.7. The molecule has 28 heavy (non-hydrogen) atoms. The molecule has 3 rings (SSSR count). The van der Waals surface area contributed by atoms with Crippen LogP contribution in [-0.4, -0.2) is 31.3 Å². The molecule has 144 valence electrons. The Morgan fingerprint density at radius 2 is 1.64 bits per heavy atom. The van der Waals surface area contributed by atoms with Gasteiger partial charge in [-0.25, -0.2) is 4.90 Å². The molecule has 0 atom stereocenters. The second-order valence-electron chi connectivity index (χ2n) is 5.70. The van der Waals surface area contributed by atoms with Crippen LogP contribution in [0.2, 0.25) is 0 Å². The van der Waals surface area contributed by atoms with E-state index in [1.165, 1.54) is 21.1 Å². The standard InChI is InChI=1S/C20H17NO6S/c1-12(22)27-18-15(25-2)9-13(10-16(18)26-3)11-17-19(23)21(20(24)28-17)14-7-5-4-6-8-14/h4-11H,1-3H3/b17-11-. The molecule has 7 nitrogen and oxygen atoms in total. The molecule has 0 saturated carbocycles. The summed E-state index contributed by atoms with van der Waals surface area (Å²) in [6.45, 7) is 1.27. The van der Waals surface area contributed by atoms with Crippen LogP contribution in [0, 0.1) is 0 Å². The van der Waals surface area contributed by atoms with Crippen molar-refractivity contribution >= 4 is 40.6 Å². The molecule has 0 spiro atoms.